The zero-order valence-electron chi connectivity index (χ0n) is 12.0. The molecule has 1 N–H and O–H groups in total. The number of aromatic amines is 1. The van der Waals surface area contributed by atoms with E-state index in [-0.39, 0.29) is 4.90 Å². The largest absolute Gasteiger partial charge is 0.360 e. The van der Waals surface area contributed by atoms with Crippen LogP contribution in [0, 0.1) is 6.92 Å². The predicted molar refractivity (Wildman–Crippen MR) is 87.9 cm³/mol. The van der Waals surface area contributed by atoms with Gasteiger partial charge >= 0.3 is 0 Å². The molecule has 0 radical (unpaired) electrons. The highest BCUT2D eigenvalue weighted by Gasteiger charge is 2.26. The monoisotopic (exact) mass is 335 g/mol. The molecule has 0 aliphatic heterocycles. The first kappa shape index (κ1) is 14.9. The minimum atomic E-state index is -3.71. The zero-order valence-corrected chi connectivity index (χ0v) is 13.6. The molecule has 114 valence electrons. The molecule has 1 aromatic carbocycles. The molecule has 0 atom stereocenters. The number of pyridine rings is 1. The smallest absolute Gasteiger partial charge is 0.267 e. The summed E-state index contributed by atoms with van der Waals surface area (Å²) in [4.78, 5) is 7.31. The van der Waals surface area contributed by atoms with Crippen LogP contribution in [0.15, 0.2) is 47.6 Å². The third-order valence-corrected chi connectivity index (χ3v) is 5.55. The lowest BCUT2D eigenvalue weighted by molar-refractivity contribution is 0.594. The fraction of sp³-hybridized carbons (Fsp3) is 0.133. The van der Waals surface area contributed by atoms with Crippen molar-refractivity contribution in [2.45, 2.75) is 11.8 Å². The van der Waals surface area contributed by atoms with Crippen molar-refractivity contribution in [1.82, 2.24) is 9.97 Å². The lowest BCUT2D eigenvalue weighted by Crippen LogP contribution is -2.27. The Morgan fingerprint density at radius 1 is 1.27 bits per heavy atom. The third-order valence-electron chi connectivity index (χ3n) is 3.52. The van der Waals surface area contributed by atoms with Gasteiger partial charge in [-0.15, -0.1) is 0 Å². The maximum atomic E-state index is 12.9. The minimum absolute atomic E-state index is 0.201. The number of anilines is 1. The summed E-state index contributed by atoms with van der Waals surface area (Å²) in [5.41, 5.74) is 1.47. The molecule has 0 saturated carbocycles. The molecule has 2 heterocycles. The molecule has 0 spiro atoms. The molecule has 0 unspecified atom stereocenters. The second-order valence-electron chi connectivity index (χ2n) is 4.96. The van der Waals surface area contributed by atoms with Crippen LogP contribution in [0.5, 0.6) is 0 Å². The van der Waals surface area contributed by atoms with E-state index in [0.717, 1.165) is 5.56 Å². The highest BCUT2D eigenvalue weighted by atomic mass is 35.5. The second-order valence-corrected chi connectivity index (χ2v) is 7.33. The first-order valence-electron chi connectivity index (χ1n) is 6.58. The molecule has 0 bridgehead atoms. The van der Waals surface area contributed by atoms with Crippen LogP contribution in [0.25, 0.3) is 10.9 Å². The number of hydrogen-bond acceptors (Lipinski definition) is 3. The first-order valence-corrected chi connectivity index (χ1v) is 8.40. The van der Waals surface area contributed by atoms with Gasteiger partial charge in [-0.25, -0.2) is 13.4 Å². The molecule has 3 aromatic rings. The number of nitrogens with zero attached hydrogens (tertiary/aromatic N) is 2. The van der Waals surface area contributed by atoms with E-state index in [1.807, 2.05) is 13.0 Å². The molecular formula is C15H14ClN3O2S. The van der Waals surface area contributed by atoms with Gasteiger partial charge in [-0.2, -0.15) is 0 Å². The number of hydrogen-bond donors (Lipinski definition) is 1. The summed E-state index contributed by atoms with van der Waals surface area (Å²) in [6.07, 6.45) is 3.05. The van der Waals surface area contributed by atoms with Crippen molar-refractivity contribution in [3.63, 3.8) is 0 Å². The Hall–Kier alpha value is -2.05. The lowest BCUT2D eigenvalue weighted by atomic mass is 10.2. The zero-order chi connectivity index (χ0) is 15.9. The molecule has 0 fully saturated rings. The van der Waals surface area contributed by atoms with E-state index < -0.39 is 10.0 Å². The molecule has 0 aliphatic carbocycles. The van der Waals surface area contributed by atoms with Gasteiger partial charge in [0.15, 0.2) is 0 Å². The normalized spacial score (nSPS) is 11.8. The highest BCUT2D eigenvalue weighted by molar-refractivity contribution is 7.93. The molecule has 5 nitrogen and oxygen atoms in total. The van der Waals surface area contributed by atoms with Crippen LogP contribution < -0.4 is 4.31 Å². The van der Waals surface area contributed by atoms with E-state index in [9.17, 15) is 8.42 Å². The summed E-state index contributed by atoms with van der Waals surface area (Å²) in [6, 6.07) is 8.65. The van der Waals surface area contributed by atoms with Gasteiger partial charge in [-0.3, -0.25) is 4.31 Å². The number of aryl methyl sites for hydroxylation is 1. The number of halogens is 1. The summed E-state index contributed by atoms with van der Waals surface area (Å²) >= 11 is 5.93. The van der Waals surface area contributed by atoms with Crippen molar-refractivity contribution in [1.29, 1.82) is 0 Å². The average Bonchev–Trinajstić information content (AvgIpc) is 2.90. The molecule has 0 saturated heterocycles. The maximum Gasteiger partial charge on any atom is 0.267 e. The highest BCUT2D eigenvalue weighted by Crippen LogP contribution is 2.29. The molecule has 3 rings (SSSR count). The molecule has 0 amide bonds. The van der Waals surface area contributed by atoms with Gasteiger partial charge in [0, 0.05) is 35.4 Å². The van der Waals surface area contributed by atoms with Crippen LogP contribution in [-0.4, -0.2) is 25.4 Å². The molecule has 22 heavy (non-hydrogen) atoms. The van der Waals surface area contributed by atoms with Crippen molar-refractivity contribution < 1.29 is 8.42 Å². The van der Waals surface area contributed by atoms with Crippen molar-refractivity contribution in [2.75, 3.05) is 11.4 Å². The summed E-state index contributed by atoms with van der Waals surface area (Å²) in [5, 5.41) is 1.15. The van der Waals surface area contributed by atoms with Crippen LogP contribution in [-0.2, 0) is 10.0 Å². The Kier molecular flexibility index (Phi) is 3.58. The van der Waals surface area contributed by atoms with Crippen molar-refractivity contribution in [2.24, 2.45) is 0 Å². The predicted octanol–water partition coefficient (Wildman–Crippen LogP) is 3.35. The van der Waals surface area contributed by atoms with Gasteiger partial charge in [-0.05, 0) is 36.8 Å². The van der Waals surface area contributed by atoms with Gasteiger partial charge in [0.1, 0.15) is 10.7 Å². The lowest BCUT2D eigenvalue weighted by Gasteiger charge is -2.19. The second kappa shape index (κ2) is 5.30. The van der Waals surface area contributed by atoms with Crippen LogP contribution in [0.4, 0.5) is 5.82 Å². The Bertz CT molecular complexity index is 950. The van der Waals surface area contributed by atoms with Crippen molar-refractivity contribution in [3.8, 4) is 0 Å². The molecule has 0 aliphatic rings. The van der Waals surface area contributed by atoms with Crippen LogP contribution in [0.3, 0.4) is 0 Å². The quantitative estimate of drug-likeness (QED) is 0.798. The number of aromatic nitrogens is 2. The van der Waals surface area contributed by atoms with E-state index in [1.54, 1.807) is 30.5 Å². The van der Waals surface area contributed by atoms with Gasteiger partial charge in [-0.1, -0.05) is 17.7 Å². The van der Waals surface area contributed by atoms with Crippen LogP contribution in [0.1, 0.15) is 5.56 Å². The number of benzene rings is 1. The Morgan fingerprint density at radius 3 is 2.77 bits per heavy atom. The van der Waals surface area contributed by atoms with E-state index in [4.69, 9.17) is 11.6 Å². The maximum absolute atomic E-state index is 12.9. The van der Waals surface area contributed by atoms with Crippen molar-refractivity contribution in [3.05, 3.63) is 53.3 Å². The Balaban J connectivity index is 2.14. The van der Waals surface area contributed by atoms with Gasteiger partial charge in [0.05, 0.1) is 0 Å². The minimum Gasteiger partial charge on any atom is -0.360 e. The topological polar surface area (TPSA) is 66.1 Å². The number of nitrogens with one attached hydrogen (secondary N) is 1. The first-order chi connectivity index (χ1) is 10.4. The standard InChI is InChI=1S/C15H14ClN3O2S/c1-10-4-3-7-17-15(10)19(2)22(20,21)14-9-18-13-8-11(16)5-6-12(13)14/h3-9,18H,1-2H3. The molecule has 2 aromatic heterocycles. The number of sulfonamides is 1. The third kappa shape index (κ3) is 2.34. The van der Waals surface area contributed by atoms with Crippen LogP contribution in [0.2, 0.25) is 5.02 Å². The van der Waals surface area contributed by atoms with Gasteiger partial charge in [0.25, 0.3) is 10.0 Å². The molecular weight excluding hydrogens is 322 g/mol. The average molecular weight is 336 g/mol. The number of fused-ring (bicyclic) bond motifs is 1. The summed E-state index contributed by atoms with van der Waals surface area (Å²) in [7, 11) is -2.21. The summed E-state index contributed by atoms with van der Waals surface area (Å²) in [5.74, 6) is 0.408. The van der Waals surface area contributed by atoms with E-state index in [1.165, 1.54) is 17.5 Å². The Morgan fingerprint density at radius 2 is 2.05 bits per heavy atom. The SMILES string of the molecule is Cc1cccnc1N(C)S(=O)(=O)c1c[nH]c2cc(Cl)ccc12. The fourth-order valence-electron chi connectivity index (χ4n) is 2.35. The number of rotatable bonds is 3. The summed E-state index contributed by atoms with van der Waals surface area (Å²) in [6.45, 7) is 1.82. The number of H-pyrrole nitrogens is 1. The van der Waals surface area contributed by atoms with E-state index in [2.05, 4.69) is 9.97 Å². The van der Waals surface area contributed by atoms with Crippen LogP contribution >= 0.6 is 11.6 Å². The van der Waals surface area contributed by atoms with Crippen molar-refractivity contribution >= 4 is 38.3 Å². The molecule has 7 heteroatoms. The van der Waals surface area contributed by atoms with E-state index >= 15 is 0 Å². The summed E-state index contributed by atoms with van der Waals surface area (Å²) < 4.78 is 26.9. The van der Waals surface area contributed by atoms with E-state index in [0.29, 0.717) is 21.7 Å². The fourth-order valence-corrected chi connectivity index (χ4v) is 3.90. The van der Waals surface area contributed by atoms with Gasteiger partial charge < -0.3 is 4.98 Å². The van der Waals surface area contributed by atoms with Gasteiger partial charge in [0.2, 0.25) is 0 Å². The Labute approximate surface area is 133 Å².